The van der Waals surface area contributed by atoms with Gasteiger partial charge in [0.25, 0.3) is 0 Å². The van der Waals surface area contributed by atoms with Crippen LogP contribution in [0, 0.1) is 11.6 Å². The number of halogens is 3. The molecule has 0 bridgehead atoms. The summed E-state index contributed by atoms with van der Waals surface area (Å²) >= 11 is 5.66. The number of carboxylic acids is 1. The Labute approximate surface area is 153 Å². The predicted octanol–water partition coefficient (Wildman–Crippen LogP) is 3.60. The summed E-state index contributed by atoms with van der Waals surface area (Å²) in [6.07, 6.45) is 0.153. The second-order valence-electron chi connectivity index (χ2n) is 5.72. The topological polar surface area (TPSA) is 65.0 Å². The van der Waals surface area contributed by atoms with E-state index in [2.05, 4.69) is 0 Å². The Bertz CT molecular complexity index is 827. The van der Waals surface area contributed by atoms with E-state index in [1.54, 1.807) is 18.2 Å². The number of benzene rings is 2. The molecule has 1 heterocycles. The highest BCUT2D eigenvalue weighted by Crippen LogP contribution is 2.31. The van der Waals surface area contributed by atoms with Crippen LogP contribution in [0.25, 0.3) is 0 Å². The zero-order chi connectivity index (χ0) is 18.7. The van der Waals surface area contributed by atoms with Crippen LogP contribution in [0.15, 0.2) is 30.3 Å². The zero-order valence-corrected chi connectivity index (χ0v) is 14.3. The third-order valence-corrected chi connectivity index (χ3v) is 4.17. The van der Waals surface area contributed by atoms with Crippen molar-refractivity contribution in [3.8, 4) is 11.5 Å². The van der Waals surface area contributed by atoms with Crippen LogP contribution in [0.2, 0.25) is 5.02 Å². The van der Waals surface area contributed by atoms with Gasteiger partial charge in [-0.3, -0.25) is 0 Å². The molecule has 1 N–H and O–H groups in total. The molecule has 0 saturated carbocycles. The van der Waals surface area contributed by atoms with Crippen LogP contribution in [-0.4, -0.2) is 30.4 Å². The van der Waals surface area contributed by atoms with Crippen molar-refractivity contribution in [1.82, 2.24) is 0 Å². The Balaban J connectivity index is 1.66. The molecule has 0 aromatic heterocycles. The number of hydrogen-bond acceptors (Lipinski definition) is 4. The highest BCUT2D eigenvalue weighted by molar-refractivity contribution is 6.30. The summed E-state index contributed by atoms with van der Waals surface area (Å²) in [6, 6.07) is 7.22. The summed E-state index contributed by atoms with van der Waals surface area (Å²) in [5.41, 5.74) is 0.581. The lowest BCUT2D eigenvalue weighted by atomic mass is 10.0. The van der Waals surface area contributed by atoms with Crippen LogP contribution >= 0.6 is 11.6 Å². The first-order valence-electron chi connectivity index (χ1n) is 7.78. The lowest BCUT2D eigenvalue weighted by Crippen LogP contribution is -2.30. The molecule has 2 aromatic rings. The molecule has 0 fully saturated rings. The molecule has 26 heavy (non-hydrogen) atoms. The van der Waals surface area contributed by atoms with E-state index in [1.807, 2.05) is 0 Å². The number of aliphatic carboxylic acids is 1. The fraction of sp³-hybridized carbons (Fsp3) is 0.278. The van der Waals surface area contributed by atoms with Crippen LogP contribution in [0.4, 0.5) is 8.78 Å². The van der Waals surface area contributed by atoms with Gasteiger partial charge in [0.1, 0.15) is 37.1 Å². The molecule has 1 unspecified atom stereocenters. The van der Waals surface area contributed by atoms with Crippen molar-refractivity contribution in [2.24, 2.45) is 0 Å². The first-order chi connectivity index (χ1) is 12.4. The van der Waals surface area contributed by atoms with Gasteiger partial charge in [0.05, 0.1) is 16.7 Å². The quantitative estimate of drug-likeness (QED) is 0.771. The Hall–Kier alpha value is -2.38. The summed E-state index contributed by atoms with van der Waals surface area (Å²) in [7, 11) is 0. The highest BCUT2D eigenvalue weighted by atomic mass is 35.5. The van der Waals surface area contributed by atoms with Gasteiger partial charge in [-0.15, -0.1) is 0 Å². The molecule has 0 spiro atoms. The Kier molecular flexibility index (Phi) is 5.58. The van der Waals surface area contributed by atoms with E-state index in [0.29, 0.717) is 17.9 Å². The normalized spacial score (nSPS) is 15.9. The summed E-state index contributed by atoms with van der Waals surface area (Å²) in [5.74, 6) is -1.68. The van der Waals surface area contributed by atoms with E-state index in [1.165, 1.54) is 0 Å². The summed E-state index contributed by atoms with van der Waals surface area (Å²) in [6.45, 7) is -0.496. The minimum Gasteiger partial charge on any atom is -0.490 e. The van der Waals surface area contributed by atoms with Crippen LogP contribution in [0.1, 0.15) is 11.1 Å². The largest absolute Gasteiger partial charge is 0.490 e. The molecule has 1 aliphatic rings. The average Bonchev–Trinajstić information content (AvgIpc) is 2.63. The summed E-state index contributed by atoms with van der Waals surface area (Å²) in [4.78, 5) is 10.5. The molecule has 138 valence electrons. The van der Waals surface area contributed by atoms with Crippen molar-refractivity contribution >= 4 is 17.6 Å². The van der Waals surface area contributed by atoms with Gasteiger partial charge in [-0.2, -0.15) is 0 Å². The second-order valence-corrected chi connectivity index (χ2v) is 6.13. The summed E-state index contributed by atoms with van der Waals surface area (Å²) < 4.78 is 43.8. The van der Waals surface area contributed by atoms with Crippen LogP contribution in [0.5, 0.6) is 11.5 Å². The molecule has 0 saturated heterocycles. The maximum Gasteiger partial charge on any atom is 0.329 e. The van der Waals surface area contributed by atoms with Crippen molar-refractivity contribution < 1.29 is 32.9 Å². The fourth-order valence-electron chi connectivity index (χ4n) is 2.57. The van der Waals surface area contributed by atoms with Crippen molar-refractivity contribution in [2.75, 3.05) is 13.2 Å². The number of ether oxygens (including phenoxy) is 3. The lowest BCUT2D eigenvalue weighted by molar-refractivity contribution is -0.145. The highest BCUT2D eigenvalue weighted by Gasteiger charge is 2.22. The third-order valence-electron chi connectivity index (χ3n) is 3.88. The van der Waals surface area contributed by atoms with Crippen molar-refractivity contribution in [1.29, 1.82) is 0 Å². The summed E-state index contributed by atoms with van der Waals surface area (Å²) in [5, 5.41) is 8.47. The number of fused-ring (bicyclic) bond motifs is 1. The Morgan fingerprint density at radius 3 is 2.88 bits per heavy atom. The molecule has 0 aliphatic carbocycles. The monoisotopic (exact) mass is 384 g/mol. The smallest absolute Gasteiger partial charge is 0.329 e. The van der Waals surface area contributed by atoms with Gasteiger partial charge in [-0.25, -0.2) is 13.6 Å². The van der Waals surface area contributed by atoms with Crippen LogP contribution < -0.4 is 9.47 Å². The van der Waals surface area contributed by atoms with Gasteiger partial charge in [0, 0.05) is 12.5 Å². The average molecular weight is 385 g/mol. The Morgan fingerprint density at radius 1 is 1.31 bits per heavy atom. The van der Waals surface area contributed by atoms with Crippen molar-refractivity contribution in [3.05, 3.63) is 58.1 Å². The van der Waals surface area contributed by atoms with Gasteiger partial charge in [-0.05, 0) is 23.8 Å². The number of carbonyl (C=O) groups is 1. The van der Waals surface area contributed by atoms with Gasteiger partial charge < -0.3 is 19.3 Å². The van der Waals surface area contributed by atoms with E-state index in [4.69, 9.17) is 30.9 Å². The van der Waals surface area contributed by atoms with E-state index in [9.17, 15) is 13.6 Å². The zero-order valence-electron chi connectivity index (χ0n) is 13.5. The van der Waals surface area contributed by atoms with E-state index >= 15 is 0 Å². The van der Waals surface area contributed by atoms with Crippen LogP contribution in [0.3, 0.4) is 0 Å². The van der Waals surface area contributed by atoms with Gasteiger partial charge in [0.15, 0.2) is 5.82 Å². The molecule has 1 aliphatic heterocycles. The fourth-order valence-corrected chi connectivity index (χ4v) is 2.74. The number of hydrogen-bond donors (Lipinski definition) is 1. The molecule has 0 radical (unpaired) electrons. The maximum atomic E-state index is 13.9. The maximum absolute atomic E-state index is 13.9. The second kappa shape index (κ2) is 7.88. The van der Waals surface area contributed by atoms with Gasteiger partial charge in [0.2, 0.25) is 0 Å². The van der Waals surface area contributed by atoms with E-state index < -0.39 is 17.6 Å². The van der Waals surface area contributed by atoms with Gasteiger partial charge >= 0.3 is 5.97 Å². The van der Waals surface area contributed by atoms with E-state index in [0.717, 1.165) is 17.7 Å². The molecule has 5 nitrogen and oxygen atoms in total. The predicted molar refractivity (Wildman–Crippen MR) is 88.7 cm³/mol. The van der Waals surface area contributed by atoms with E-state index in [-0.39, 0.29) is 36.5 Å². The number of rotatable bonds is 6. The molecular weight excluding hydrogens is 370 g/mol. The SMILES string of the molecule is O=C(O)COC1COc2cc(OCc3c(F)ccc(Cl)c3F)ccc2C1. The molecule has 3 rings (SSSR count). The molecular formula is C18H15ClF2O5. The lowest BCUT2D eigenvalue weighted by Gasteiger charge is -2.25. The van der Waals surface area contributed by atoms with Crippen molar-refractivity contribution in [3.63, 3.8) is 0 Å². The molecule has 8 heteroatoms. The van der Waals surface area contributed by atoms with Crippen molar-refractivity contribution in [2.45, 2.75) is 19.1 Å². The number of carboxylic acid groups (broad SMARTS) is 1. The first-order valence-corrected chi connectivity index (χ1v) is 8.16. The third kappa shape index (κ3) is 4.23. The molecule has 0 amide bonds. The Morgan fingerprint density at radius 2 is 2.12 bits per heavy atom. The van der Waals surface area contributed by atoms with Crippen LogP contribution in [-0.2, 0) is 22.6 Å². The minimum absolute atomic E-state index is 0.175. The minimum atomic E-state index is -1.04. The molecule has 2 aromatic carbocycles. The van der Waals surface area contributed by atoms with Gasteiger partial charge in [-0.1, -0.05) is 17.7 Å². The standard InChI is InChI=1S/C18H15ClF2O5/c19-14-3-4-15(20)13(18(14)21)8-24-11-2-1-10-5-12(25-9-17(22)23)7-26-16(10)6-11/h1-4,6,12H,5,7-9H2,(H,22,23). The molecule has 1 atom stereocenters. The first kappa shape index (κ1) is 18.4.